The number of carbonyl (C=O) groups is 2. The van der Waals surface area contributed by atoms with Gasteiger partial charge in [-0.2, -0.15) is 13.2 Å². The third-order valence-electron chi connectivity index (χ3n) is 8.02. The Kier molecular flexibility index (Phi) is 15.9. The number of hydrogen-bond acceptors (Lipinski definition) is 5. The quantitative estimate of drug-likeness (QED) is 0.0688. The van der Waals surface area contributed by atoms with Crippen molar-refractivity contribution in [2.24, 2.45) is 0 Å². The van der Waals surface area contributed by atoms with Crippen LogP contribution in [-0.4, -0.2) is 49.1 Å². The molecule has 1 unspecified atom stereocenters. The topological polar surface area (TPSA) is 82.1 Å². The molecule has 262 valence electrons. The first kappa shape index (κ1) is 38.5. The molecule has 0 fully saturated rings. The maximum absolute atomic E-state index is 15.3. The van der Waals surface area contributed by atoms with E-state index in [0.29, 0.717) is 55.1 Å². The highest BCUT2D eigenvalue weighted by Crippen LogP contribution is 2.35. The maximum Gasteiger partial charge on any atom is 0.425 e. The number of alkyl halides is 3. The zero-order valence-corrected chi connectivity index (χ0v) is 27.8. The normalized spacial score (nSPS) is 12.1. The second-order valence-corrected chi connectivity index (χ2v) is 11.7. The lowest BCUT2D eigenvalue weighted by molar-refractivity contribution is -0.206. The number of carboxylic acids is 1. The lowest BCUT2D eigenvalue weighted by Crippen LogP contribution is -2.34. The number of benzene rings is 3. The van der Waals surface area contributed by atoms with E-state index in [2.05, 4.69) is 6.92 Å². The zero-order chi connectivity index (χ0) is 34.9. The molecule has 3 aromatic carbocycles. The van der Waals surface area contributed by atoms with E-state index in [4.69, 9.17) is 14.2 Å². The summed E-state index contributed by atoms with van der Waals surface area (Å²) in [4.78, 5) is 24.5. The van der Waals surface area contributed by atoms with Crippen LogP contribution in [0.3, 0.4) is 0 Å². The number of halogens is 4. The van der Waals surface area contributed by atoms with Crippen molar-refractivity contribution in [2.45, 2.75) is 96.8 Å². The SMILES string of the molecule is CCCCCCCCCOc1ccc(-c2ccc(C(=O)O)cc2-c2ccc(C(=O)OC(CCCCCOCC)C(F)(F)F)c(F)c2)cc1. The Morgan fingerprint density at radius 3 is 2.04 bits per heavy atom. The number of aromatic carboxylic acids is 1. The smallest absolute Gasteiger partial charge is 0.425 e. The van der Waals surface area contributed by atoms with Crippen LogP contribution in [0.1, 0.15) is 105 Å². The predicted molar refractivity (Wildman–Crippen MR) is 178 cm³/mol. The molecular weight excluding hydrogens is 628 g/mol. The van der Waals surface area contributed by atoms with E-state index >= 15 is 4.39 Å². The van der Waals surface area contributed by atoms with Gasteiger partial charge in [-0.1, -0.05) is 76.1 Å². The molecule has 0 amide bonds. The Morgan fingerprint density at radius 1 is 0.750 bits per heavy atom. The van der Waals surface area contributed by atoms with Crippen LogP contribution in [0.4, 0.5) is 17.6 Å². The fraction of sp³-hybridized carbons (Fsp3) is 0.474. The van der Waals surface area contributed by atoms with Crippen molar-refractivity contribution in [3.8, 4) is 28.0 Å². The van der Waals surface area contributed by atoms with Crippen LogP contribution in [0.2, 0.25) is 0 Å². The Balaban J connectivity index is 1.74. The van der Waals surface area contributed by atoms with E-state index in [0.717, 1.165) is 25.0 Å². The second-order valence-electron chi connectivity index (χ2n) is 11.7. The lowest BCUT2D eigenvalue weighted by atomic mass is 9.92. The van der Waals surface area contributed by atoms with Crippen LogP contribution >= 0.6 is 0 Å². The summed E-state index contributed by atoms with van der Waals surface area (Å²) in [5.74, 6) is -3.02. The van der Waals surface area contributed by atoms with E-state index in [1.54, 1.807) is 18.2 Å². The minimum atomic E-state index is -4.81. The van der Waals surface area contributed by atoms with Crippen molar-refractivity contribution in [1.29, 1.82) is 0 Å². The molecule has 3 aromatic rings. The number of rotatable bonds is 21. The molecule has 6 nitrogen and oxygen atoms in total. The van der Waals surface area contributed by atoms with E-state index in [1.807, 2.05) is 19.1 Å². The van der Waals surface area contributed by atoms with Gasteiger partial charge in [0, 0.05) is 13.2 Å². The molecule has 1 atom stereocenters. The van der Waals surface area contributed by atoms with Gasteiger partial charge in [0.2, 0.25) is 0 Å². The lowest BCUT2D eigenvalue weighted by Gasteiger charge is -2.21. The average Bonchev–Trinajstić information content (AvgIpc) is 3.06. The number of carboxylic acid groups (broad SMARTS) is 1. The number of ether oxygens (including phenoxy) is 3. The molecule has 0 spiro atoms. The van der Waals surface area contributed by atoms with Gasteiger partial charge in [-0.15, -0.1) is 0 Å². The van der Waals surface area contributed by atoms with Gasteiger partial charge in [0.15, 0.2) is 6.10 Å². The summed E-state index contributed by atoms with van der Waals surface area (Å²) in [6.07, 6.45) is 1.76. The molecule has 0 saturated heterocycles. The van der Waals surface area contributed by atoms with Gasteiger partial charge in [0.25, 0.3) is 0 Å². The van der Waals surface area contributed by atoms with Crippen LogP contribution in [-0.2, 0) is 9.47 Å². The van der Waals surface area contributed by atoms with E-state index < -0.39 is 42.0 Å². The van der Waals surface area contributed by atoms with Gasteiger partial charge in [0.05, 0.1) is 17.7 Å². The first-order chi connectivity index (χ1) is 23.0. The van der Waals surface area contributed by atoms with Crippen LogP contribution < -0.4 is 4.74 Å². The van der Waals surface area contributed by atoms with Crippen molar-refractivity contribution < 1.29 is 46.5 Å². The van der Waals surface area contributed by atoms with Gasteiger partial charge in [-0.3, -0.25) is 0 Å². The molecule has 0 radical (unpaired) electrons. The van der Waals surface area contributed by atoms with E-state index in [9.17, 15) is 27.9 Å². The molecule has 1 N–H and O–H groups in total. The van der Waals surface area contributed by atoms with Crippen LogP contribution in [0.5, 0.6) is 5.75 Å². The average molecular weight is 675 g/mol. The summed E-state index contributed by atoms with van der Waals surface area (Å²) in [5.41, 5.74) is 1.22. The molecule has 10 heteroatoms. The molecule has 0 saturated carbocycles. The van der Waals surface area contributed by atoms with Gasteiger partial charge >= 0.3 is 18.1 Å². The highest BCUT2D eigenvalue weighted by atomic mass is 19.4. The Hall–Kier alpha value is -3.92. The largest absolute Gasteiger partial charge is 0.494 e. The summed E-state index contributed by atoms with van der Waals surface area (Å²) >= 11 is 0. The zero-order valence-electron chi connectivity index (χ0n) is 27.8. The molecule has 3 rings (SSSR count). The Labute approximate surface area is 280 Å². The van der Waals surface area contributed by atoms with Crippen molar-refractivity contribution in [3.63, 3.8) is 0 Å². The van der Waals surface area contributed by atoms with Crippen LogP contribution in [0.15, 0.2) is 60.7 Å². The highest BCUT2D eigenvalue weighted by Gasteiger charge is 2.42. The molecule has 48 heavy (non-hydrogen) atoms. The summed E-state index contributed by atoms with van der Waals surface area (Å²) in [5, 5.41) is 9.62. The summed E-state index contributed by atoms with van der Waals surface area (Å²) in [6.45, 7) is 5.56. The summed E-state index contributed by atoms with van der Waals surface area (Å²) in [7, 11) is 0. The molecular formula is C38H46F4O6. The van der Waals surface area contributed by atoms with Crippen molar-refractivity contribution in [1.82, 2.24) is 0 Å². The number of carbonyl (C=O) groups excluding carboxylic acids is 1. The van der Waals surface area contributed by atoms with E-state index in [1.165, 1.54) is 50.3 Å². The minimum Gasteiger partial charge on any atom is -0.494 e. The van der Waals surface area contributed by atoms with Gasteiger partial charge in [0.1, 0.15) is 11.6 Å². The molecule has 0 aliphatic carbocycles. The van der Waals surface area contributed by atoms with E-state index in [-0.39, 0.29) is 17.5 Å². The fourth-order valence-corrected chi connectivity index (χ4v) is 5.33. The second kappa shape index (κ2) is 19.8. The third-order valence-corrected chi connectivity index (χ3v) is 8.02. The molecule has 0 heterocycles. The summed E-state index contributed by atoms with van der Waals surface area (Å²) in [6, 6.07) is 15.1. The summed E-state index contributed by atoms with van der Waals surface area (Å²) < 4.78 is 72.0. The van der Waals surface area contributed by atoms with Crippen molar-refractivity contribution in [3.05, 3.63) is 77.6 Å². The third kappa shape index (κ3) is 12.3. The number of unbranched alkanes of at least 4 members (excludes halogenated alkanes) is 8. The first-order valence-electron chi connectivity index (χ1n) is 16.8. The van der Waals surface area contributed by atoms with Gasteiger partial charge in [-0.05, 0) is 91.3 Å². The van der Waals surface area contributed by atoms with Gasteiger partial charge in [-0.25, -0.2) is 14.0 Å². The monoisotopic (exact) mass is 674 g/mol. The fourth-order valence-electron chi connectivity index (χ4n) is 5.33. The maximum atomic E-state index is 15.3. The van der Waals surface area contributed by atoms with Crippen LogP contribution in [0, 0.1) is 5.82 Å². The van der Waals surface area contributed by atoms with Crippen molar-refractivity contribution >= 4 is 11.9 Å². The van der Waals surface area contributed by atoms with Crippen molar-refractivity contribution in [2.75, 3.05) is 19.8 Å². The molecule has 0 aromatic heterocycles. The highest BCUT2D eigenvalue weighted by molar-refractivity contribution is 5.95. The van der Waals surface area contributed by atoms with Crippen LogP contribution in [0.25, 0.3) is 22.3 Å². The molecule has 0 aliphatic heterocycles. The van der Waals surface area contributed by atoms with Gasteiger partial charge < -0.3 is 19.3 Å². The first-order valence-corrected chi connectivity index (χ1v) is 16.8. The standard InChI is InChI=1S/C38H46F4O6/c1-3-5-6-7-8-9-13-24-47-30-19-15-27(16-20-30)31-21-18-29(36(43)44)25-33(31)28-17-22-32(34(39)26-28)37(45)48-35(38(40,41)42)14-11-10-12-23-46-4-2/h15-22,25-26,35H,3-14,23-24H2,1-2H3,(H,43,44). The minimum absolute atomic E-state index is 0.0402. The predicted octanol–water partition coefficient (Wildman–Crippen LogP) is 10.7. The molecule has 0 aliphatic rings. The Bertz CT molecular complexity index is 1440. The number of esters is 1. The Morgan fingerprint density at radius 2 is 1.40 bits per heavy atom. The number of hydrogen-bond donors (Lipinski definition) is 1. The molecule has 0 bridgehead atoms.